The highest BCUT2D eigenvalue weighted by Crippen LogP contribution is 2.22. The molecule has 0 saturated carbocycles. The van der Waals surface area contributed by atoms with E-state index in [1.165, 1.54) is 0 Å². The Bertz CT molecular complexity index is 297. The van der Waals surface area contributed by atoms with Crippen molar-refractivity contribution in [3.63, 3.8) is 0 Å². The summed E-state index contributed by atoms with van der Waals surface area (Å²) in [6.45, 7) is 5.38. The molecular weight excluding hydrogens is 164 g/mol. The van der Waals surface area contributed by atoms with Gasteiger partial charge in [0.25, 0.3) is 0 Å². The van der Waals surface area contributed by atoms with Crippen LogP contribution in [0.1, 0.15) is 25.0 Å². The van der Waals surface area contributed by atoms with Gasteiger partial charge in [-0.15, -0.1) is 0 Å². The summed E-state index contributed by atoms with van der Waals surface area (Å²) in [6.07, 6.45) is 0.471. The quantitative estimate of drug-likeness (QED) is 0.731. The Morgan fingerprint density at radius 1 is 1.31 bits per heavy atom. The van der Waals surface area contributed by atoms with Gasteiger partial charge in [0.2, 0.25) is 0 Å². The maximum absolute atomic E-state index is 9.55. The summed E-state index contributed by atoms with van der Waals surface area (Å²) in [5.41, 5.74) is 1.04. The van der Waals surface area contributed by atoms with E-state index in [2.05, 4.69) is 0 Å². The van der Waals surface area contributed by atoms with E-state index < -0.39 is 5.60 Å². The summed E-state index contributed by atoms with van der Waals surface area (Å²) in [6, 6.07) is 5.49. The number of rotatable bonds is 2. The lowest BCUT2D eigenvalue weighted by atomic mass is 9.97. The molecule has 0 heterocycles. The third kappa shape index (κ3) is 3.07. The van der Waals surface area contributed by atoms with Crippen LogP contribution in [0.15, 0.2) is 18.2 Å². The van der Waals surface area contributed by atoms with Crippen LogP contribution in [0, 0.1) is 6.92 Å². The predicted octanol–water partition coefficient (Wildman–Crippen LogP) is 2.01. The first kappa shape index (κ1) is 10.1. The second-order valence-electron chi connectivity index (χ2n) is 4.12. The molecule has 0 aliphatic heterocycles. The molecule has 2 heteroatoms. The van der Waals surface area contributed by atoms with Crippen LogP contribution >= 0.6 is 0 Å². The normalized spacial score (nSPS) is 11.7. The molecule has 0 aliphatic carbocycles. The van der Waals surface area contributed by atoms with E-state index >= 15 is 0 Å². The van der Waals surface area contributed by atoms with Crippen LogP contribution in [-0.4, -0.2) is 15.8 Å². The van der Waals surface area contributed by atoms with Crippen LogP contribution < -0.4 is 0 Å². The standard InChI is InChI=1S/C11H16O2/c1-8-4-5-9(10(12)6-8)7-11(2,3)13/h4-6,12-13H,7H2,1-3H3. The number of aromatic hydroxyl groups is 1. The van der Waals surface area contributed by atoms with E-state index in [9.17, 15) is 10.2 Å². The molecule has 1 aromatic carbocycles. The van der Waals surface area contributed by atoms with E-state index in [0.29, 0.717) is 6.42 Å². The Balaban J connectivity index is 2.90. The maximum Gasteiger partial charge on any atom is 0.119 e. The van der Waals surface area contributed by atoms with Crippen molar-refractivity contribution in [2.24, 2.45) is 0 Å². The van der Waals surface area contributed by atoms with Gasteiger partial charge in [0.1, 0.15) is 5.75 Å². The van der Waals surface area contributed by atoms with Crippen LogP contribution in [0.25, 0.3) is 0 Å². The van der Waals surface area contributed by atoms with Crippen molar-refractivity contribution in [1.82, 2.24) is 0 Å². The van der Waals surface area contributed by atoms with Crippen LogP contribution in [0.2, 0.25) is 0 Å². The van der Waals surface area contributed by atoms with Crippen molar-refractivity contribution in [1.29, 1.82) is 0 Å². The number of hydrogen-bond acceptors (Lipinski definition) is 2. The van der Waals surface area contributed by atoms with Gasteiger partial charge in [0, 0.05) is 6.42 Å². The van der Waals surface area contributed by atoms with Crippen molar-refractivity contribution in [3.05, 3.63) is 29.3 Å². The fourth-order valence-electron chi connectivity index (χ4n) is 1.29. The molecule has 0 radical (unpaired) electrons. The van der Waals surface area contributed by atoms with Gasteiger partial charge in [-0.3, -0.25) is 0 Å². The zero-order chi connectivity index (χ0) is 10.1. The summed E-state index contributed by atoms with van der Waals surface area (Å²) >= 11 is 0. The van der Waals surface area contributed by atoms with Crippen LogP contribution in [0.5, 0.6) is 5.75 Å². The number of hydrogen-bond donors (Lipinski definition) is 2. The Morgan fingerprint density at radius 3 is 2.38 bits per heavy atom. The molecule has 0 saturated heterocycles. The SMILES string of the molecule is Cc1ccc(CC(C)(C)O)c(O)c1. The summed E-state index contributed by atoms with van der Waals surface area (Å²) in [5.74, 6) is 0.266. The average molecular weight is 180 g/mol. The molecular formula is C11H16O2. The summed E-state index contributed by atoms with van der Waals surface area (Å²) in [4.78, 5) is 0. The first-order valence-electron chi connectivity index (χ1n) is 4.39. The minimum Gasteiger partial charge on any atom is -0.508 e. The lowest BCUT2D eigenvalue weighted by molar-refractivity contribution is 0.0803. The van der Waals surface area contributed by atoms with Gasteiger partial charge in [-0.2, -0.15) is 0 Å². The fraction of sp³-hybridized carbons (Fsp3) is 0.455. The second kappa shape index (κ2) is 3.38. The molecule has 0 aliphatic rings. The largest absolute Gasteiger partial charge is 0.508 e. The molecule has 0 spiro atoms. The van der Waals surface area contributed by atoms with Gasteiger partial charge in [-0.1, -0.05) is 12.1 Å². The monoisotopic (exact) mass is 180 g/mol. The summed E-state index contributed by atoms with van der Waals surface area (Å²) in [5, 5.41) is 19.1. The van der Waals surface area contributed by atoms with Crippen LogP contribution in [0.4, 0.5) is 0 Å². The van der Waals surface area contributed by atoms with Gasteiger partial charge in [0.15, 0.2) is 0 Å². The van der Waals surface area contributed by atoms with E-state index in [1.807, 2.05) is 19.1 Å². The van der Waals surface area contributed by atoms with E-state index in [4.69, 9.17) is 0 Å². The number of phenolic OH excluding ortho intramolecular Hbond substituents is 1. The molecule has 0 aromatic heterocycles. The van der Waals surface area contributed by atoms with Crippen molar-refractivity contribution in [2.75, 3.05) is 0 Å². The van der Waals surface area contributed by atoms with Gasteiger partial charge >= 0.3 is 0 Å². The molecule has 0 amide bonds. The lowest BCUT2D eigenvalue weighted by Crippen LogP contribution is -2.21. The highest BCUT2D eigenvalue weighted by Gasteiger charge is 2.15. The highest BCUT2D eigenvalue weighted by atomic mass is 16.3. The van der Waals surface area contributed by atoms with E-state index in [1.54, 1.807) is 19.9 Å². The fourth-order valence-corrected chi connectivity index (χ4v) is 1.29. The van der Waals surface area contributed by atoms with Crippen molar-refractivity contribution in [3.8, 4) is 5.75 Å². The summed E-state index contributed by atoms with van der Waals surface area (Å²) < 4.78 is 0. The maximum atomic E-state index is 9.55. The molecule has 1 rings (SSSR count). The first-order chi connectivity index (χ1) is 5.88. The topological polar surface area (TPSA) is 40.5 Å². The molecule has 13 heavy (non-hydrogen) atoms. The molecule has 2 nitrogen and oxygen atoms in total. The Labute approximate surface area is 78.8 Å². The molecule has 72 valence electrons. The number of aliphatic hydroxyl groups is 1. The summed E-state index contributed by atoms with van der Waals surface area (Å²) in [7, 11) is 0. The van der Waals surface area contributed by atoms with E-state index in [-0.39, 0.29) is 5.75 Å². The molecule has 0 atom stereocenters. The Hall–Kier alpha value is -1.02. The average Bonchev–Trinajstić information content (AvgIpc) is 1.93. The third-order valence-electron chi connectivity index (χ3n) is 1.86. The van der Waals surface area contributed by atoms with E-state index in [0.717, 1.165) is 11.1 Å². The predicted molar refractivity (Wildman–Crippen MR) is 52.8 cm³/mol. The minimum absolute atomic E-state index is 0.266. The smallest absolute Gasteiger partial charge is 0.119 e. The van der Waals surface area contributed by atoms with Gasteiger partial charge in [-0.05, 0) is 38.0 Å². The molecule has 0 unspecified atom stereocenters. The highest BCUT2D eigenvalue weighted by molar-refractivity contribution is 5.36. The number of benzene rings is 1. The molecule has 1 aromatic rings. The van der Waals surface area contributed by atoms with Crippen LogP contribution in [0.3, 0.4) is 0 Å². The third-order valence-corrected chi connectivity index (χ3v) is 1.86. The molecule has 0 fully saturated rings. The lowest BCUT2D eigenvalue weighted by Gasteiger charge is -2.17. The van der Waals surface area contributed by atoms with Gasteiger partial charge in [0.05, 0.1) is 5.60 Å². The Kier molecular flexibility index (Phi) is 2.62. The number of phenols is 1. The van der Waals surface area contributed by atoms with Gasteiger partial charge in [-0.25, -0.2) is 0 Å². The van der Waals surface area contributed by atoms with Crippen LogP contribution in [-0.2, 0) is 6.42 Å². The zero-order valence-electron chi connectivity index (χ0n) is 8.33. The first-order valence-corrected chi connectivity index (χ1v) is 4.39. The number of aryl methyl sites for hydroxylation is 1. The second-order valence-corrected chi connectivity index (χ2v) is 4.12. The zero-order valence-corrected chi connectivity index (χ0v) is 8.33. The van der Waals surface area contributed by atoms with Crippen molar-refractivity contribution < 1.29 is 10.2 Å². The van der Waals surface area contributed by atoms with Gasteiger partial charge < -0.3 is 10.2 Å². The Morgan fingerprint density at radius 2 is 1.92 bits per heavy atom. The minimum atomic E-state index is -0.771. The van der Waals surface area contributed by atoms with Crippen molar-refractivity contribution >= 4 is 0 Å². The molecule has 0 bridgehead atoms. The van der Waals surface area contributed by atoms with Crippen molar-refractivity contribution in [2.45, 2.75) is 32.8 Å². The molecule has 2 N–H and O–H groups in total.